The van der Waals surface area contributed by atoms with Crippen molar-refractivity contribution >= 4 is 23.2 Å². The fourth-order valence-electron chi connectivity index (χ4n) is 0.995. The first-order valence-corrected chi connectivity index (χ1v) is 5.16. The van der Waals surface area contributed by atoms with E-state index in [0.717, 1.165) is 12.1 Å². The van der Waals surface area contributed by atoms with Crippen LogP contribution in [0.4, 0.5) is 0 Å². The summed E-state index contributed by atoms with van der Waals surface area (Å²) in [5.74, 6) is 0. The van der Waals surface area contributed by atoms with Crippen molar-refractivity contribution in [3.05, 3.63) is 33.8 Å². The number of hydrogen-bond acceptors (Lipinski definition) is 2. The largest absolute Gasteiger partial charge is 0.375 e. The van der Waals surface area contributed by atoms with Gasteiger partial charge in [-0.05, 0) is 24.7 Å². The van der Waals surface area contributed by atoms with Crippen molar-refractivity contribution in [1.82, 2.24) is 5.32 Å². The molecular weight excluding hydrogens is 221 g/mol. The summed E-state index contributed by atoms with van der Waals surface area (Å²) < 4.78 is 5.39. The summed E-state index contributed by atoms with van der Waals surface area (Å²) in [6, 6.07) is 5.41. The topological polar surface area (TPSA) is 21.3 Å². The van der Waals surface area contributed by atoms with Crippen LogP contribution in [0.5, 0.6) is 0 Å². The molecule has 0 fully saturated rings. The first kappa shape index (κ1) is 11.8. The predicted octanol–water partition coefficient (Wildman–Crippen LogP) is 2.73. The van der Waals surface area contributed by atoms with Crippen molar-refractivity contribution < 1.29 is 4.74 Å². The highest BCUT2D eigenvalue weighted by molar-refractivity contribution is 6.35. The van der Waals surface area contributed by atoms with Gasteiger partial charge in [0.2, 0.25) is 0 Å². The summed E-state index contributed by atoms with van der Waals surface area (Å²) in [4.78, 5) is 0. The number of halogens is 2. The number of rotatable bonds is 5. The molecular formula is C10H13Cl2NO. The van der Waals surface area contributed by atoms with E-state index < -0.39 is 0 Å². The van der Waals surface area contributed by atoms with Crippen LogP contribution in [0, 0.1) is 0 Å². The van der Waals surface area contributed by atoms with Crippen LogP contribution in [-0.4, -0.2) is 20.2 Å². The van der Waals surface area contributed by atoms with E-state index in [9.17, 15) is 0 Å². The number of ether oxygens (including phenoxy) is 1. The Morgan fingerprint density at radius 1 is 1.36 bits per heavy atom. The van der Waals surface area contributed by atoms with Crippen molar-refractivity contribution in [2.24, 2.45) is 0 Å². The van der Waals surface area contributed by atoms with Gasteiger partial charge in [-0.3, -0.25) is 0 Å². The van der Waals surface area contributed by atoms with Crippen LogP contribution in [-0.2, 0) is 11.3 Å². The third-order valence-electron chi connectivity index (χ3n) is 1.77. The van der Waals surface area contributed by atoms with Crippen LogP contribution >= 0.6 is 23.2 Å². The first-order valence-electron chi connectivity index (χ1n) is 4.40. The summed E-state index contributed by atoms with van der Waals surface area (Å²) >= 11 is 11.7. The van der Waals surface area contributed by atoms with Crippen molar-refractivity contribution in [3.8, 4) is 0 Å². The molecule has 0 saturated carbocycles. The van der Waals surface area contributed by atoms with Gasteiger partial charge in [-0.15, -0.1) is 0 Å². The molecule has 1 aromatic rings. The third kappa shape index (κ3) is 3.84. The number of hydrogen-bond donors (Lipinski definition) is 1. The minimum Gasteiger partial charge on any atom is -0.375 e. The van der Waals surface area contributed by atoms with E-state index in [4.69, 9.17) is 27.9 Å². The maximum atomic E-state index is 5.96. The van der Waals surface area contributed by atoms with Gasteiger partial charge in [0.1, 0.15) is 0 Å². The van der Waals surface area contributed by atoms with E-state index in [1.54, 1.807) is 6.07 Å². The van der Waals surface area contributed by atoms with E-state index in [1.807, 2.05) is 19.2 Å². The van der Waals surface area contributed by atoms with Crippen molar-refractivity contribution in [1.29, 1.82) is 0 Å². The summed E-state index contributed by atoms with van der Waals surface area (Å²) in [5.41, 5.74) is 0.965. The molecule has 0 spiro atoms. The Balaban J connectivity index is 2.42. The lowest BCUT2D eigenvalue weighted by molar-refractivity contribution is 0.124. The SMILES string of the molecule is CNCCOCc1ccc(Cl)cc1Cl. The molecule has 1 aromatic carbocycles. The van der Waals surface area contributed by atoms with Crippen LogP contribution in [0.3, 0.4) is 0 Å². The van der Waals surface area contributed by atoms with Crippen molar-refractivity contribution in [2.45, 2.75) is 6.61 Å². The number of benzene rings is 1. The molecule has 0 atom stereocenters. The molecule has 0 saturated heterocycles. The standard InChI is InChI=1S/C10H13Cl2NO/c1-13-4-5-14-7-8-2-3-9(11)6-10(8)12/h2-3,6,13H,4-5,7H2,1H3. The second-order valence-electron chi connectivity index (χ2n) is 2.89. The van der Waals surface area contributed by atoms with Gasteiger partial charge in [0.15, 0.2) is 0 Å². The molecule has 0 aromatic heterocycles. The normalized spacial score (nSPS) is 10.5. The Morgan fingerprint density at radius 3 is 2.79 bits per heavy atom. The molecule has 2 nitrogen and oxygen atoms in total. The highest BCUT2D eigenvalue weighted by atomic mass is 35.5. The van der Waals surface area contributed by atoms with E-state index in [0.29, 0.717) is 23.3 Å². The van der Waals surface area contributed by atoms with Gasteiger partial charge in [0.25, 0.3) is 0 Å². The second kappa shape index (κ2) is 6.25. The van der Waals surface area contributed by atoms with Crippen LogP contribution in [0.2, 0.25) is 10.0 Å². The Hall–Kier alpha value is -0.280. The highest BCUT2D eigenvalue weighted by Crippen LogP contribution is 2.21. The summed E-state index contributed by atoms with van der Waals surface area (Å²) in [6.45, 7) is 2.04. The van der Waals surface area contributed by atoms with Gasteiger partial charge in [-0.1, -0.05) is 29.3 Å². The van der Waals surface area contributed by atoms with Crippen LogP contribution in [0.25, 0.3) is 0 Å². The lowest BCUT2D eigenvalue weighted by Gasteiger charge is -2.05. The zero-order valence-electron chi connectivity index (χ0n) is 8.02. The zero-order chi connectivity index (χ0) is 10.4. The molecule has 4 heteroatoms. The quantitative estimate of drug-likeness (QED) is 0.791. The van der Waals surface area contributed by atoms with E-state index in [1.165, 1.54) is 0 Å². The Morgan fingerprint density at radius 2 is 2.14 bits per heavy atom. The molecule has 0 heterocycles. The predicted molar refractivity (Wildman–Crippen MR) is 60.0 cm³/mol. The molecule has 0 bridgehead atoms. The third-order valence-corrected chi connectivity index (χ3v) is 2.36. The molecule has 1 rings (SSSR count). The van der Waals surface area contributed by atoms with E-state index in [2.05, 4.69) is 5.32 Å². The molecule has 0 unspecified atom stereocenters. The van der Waals surface area contributed by atoms with E-state index in [-0.39, 0.29) is 0 Å². The Bertz CT molecular complexity index is 291. The molecule has 0 radical (unpaired) electrons. The second-order valence-corrected chi connectivity index (χ2v) is 3.74. The van der Waals surface area contributed by atoms with Gasteiger partial charge < -0.3 is 10.1 Å². The smallest absolute Gasteiger partial charge is 0.0732 e. The number of nitrogens with one attached hydrogen (secondary N) is 1. The summed E-state index contributed by atoms with van der Waals surface area (Å²) in [5, 5.41) is 4.30. The zero-order valence-corrected chi connectivity index (χ0v) is 9.53. The molecule has 0 amide bonds. The Kier molecular flexibility index (Phi) is 5.26. The van der Waals surface area contributed by atoms with Gasteiger partial charge in [-0.2, -0.15) is 0 Å². The van der Waals surface area contributed by atoms with E-state index >= 15 is 0 Å². The van der Waals surface area contributed by atoms with Gasteiger partial charge in [0.05, 0.1) is 13.2 Å². The summed E-state index contributed by atoms with van der Waals surface area (Å²) in [6.07, 6.45) is 0. The minimum atomic E-state index is 0.525. The van der Waals surface area contributed by atoms with Crippen molar-refractivity contribution in [2.75, 3.05) is 20.2 Å². The van der Waals surface area contributed by atoms with Gasteiger partial charge >= 0.3 is 0 Å². The molecule has 14 heavy (non-hydrogen) atoms. The monoisotopic (exact) mass is 233 g/mol. The molecule has 0 aliphatic heterocycles. The fourth-order valence-corrected chi connectivity index (χ4v) is 1.46. The van der Waals surface area contributed by atoms with Crippen molar-refractivity contribution in [3.63, 3.8) is 0 Å². The maximum Gasteiger partial charge on any atom is 0.0732 e. The Labute approximate surface area is 94.2 Å². The summed E-state index contributed by atoms with van der Waals surface area (Å²) in [7, 11) is 1.89. The van der Waals surface area contributed by atoms with Crippen LogP contribution < -0.4 is 5.32 Å². The molecule has 1 N–H and O–H groups in total. The average Bonchev–Trinajstić information content (AvgIpc) is 2.15. The van der Waals surface area contributed by atoms with Crippen LogP contribution in [0.15, 0.2) is 18.2 Å². The highest BCUT2D eigenvalue weighted by Gasteiger charge is 2.00. The number of likely N-dealkylation sites (N-methyl/N-ethyl adjacent to an activating group) is 1. The van der Waals surface area contributed by atoms with Crippen LogP contribution in [0.1, 0.15) is 5.56 Å². The van der Waals surface area contributed by atoms with Gasteiger partial charge in [-0.25, -0.2) is 0 Å². The molecule has 0 aliphatic carbocycles. The van der Waals surface area contributed by atoms with Gasteiger partial charge in [0, 0.05) is 16.6 Å². The molecule has 0 aliphatic rings. The average molecular weight is 234 g/mol. The minimum absolute atomic E-state index is 0.525. The lowest BCUT2D eigenvalue weighted by atomic mass is 10.2. The maximum absolute atomic E-state index is 5.96. The fraction of sp³-hybridized carbons (Fsp3) is 0.400. The lowest BCUT2D eigenvalue weighted by Crippen LogP contribution is -2.14. The molecule has 78 valence electrons. The first-order chi connectivity index (χ1) is 6.74.